The maximum Gasteiger partial charge on any atom is 0.323 e. The van der Waals surface area contributed by atoms with E-state index in [1.807, 2.05) is 0 Å². The standard InChI is InChI=1S/C22H41NO7/c1-3-4-5-10-13-17(25)14-11-8-6-7-9-12-15-18(30-16(2)24)20(26)21(27)19(23)22(28)29/h12,15,17-21,25-27H,3-11,13-14,23H2,1-2H3,(H,28,29)/b15-12+/t17-,18+,19+,20-,21-/m1/s1. The fraction of sp³-hybridized carbons (Fsp3) is 0.818. The van der Waals surface area contributed by atoms with E-state index in [0.717, 1.165) is 51.9 Å². The first-order chi connectivity index (χ1) is 14.2. The summed E-state index contributed by atoms with van der Waals surface area (Å²) in [5, 5.41) is 38.8. The first kappa shape index (κ1) is 28.5. The van der Waals surface area contributed by atoms with Crippen LogP contribution >= 0.6 is 0 Å². The van der Waals surface area contributed by atoms with E-state index in [4.69, 9.17) is 15.6 Å². The van der Waals surface area contributed by atoms with Crippen LogP contribution in [0.3, 0.4) is 0 Å². The Hall–Kier alpha value is -1.48. The fourth-order valence-electron chi connectivity index (χ4n) is 3.14. The highest BCUT2D eigenvalue weighted by Crippen LogP contribution is 2.14. The van der Waals surface area contributed by atoms with Gasteiger partial charge in [-0.3, -0.25) is 9.59 Å². The number of carboxylic acids is 1. The molecule has 0 heterocycles. The number of nitrogens with two attached hydrogens (primary N) is 1. The van der Waals surface area contributed by atoms with E-state index in [2.05, 4.69) is 6.92 Å². The molecule has 6 N–H and O–H groups in total. The molecule has 0 amide bonds. The topological polar surface area (TPSA) is 150 Å². The van der Waals surface area contributed by atoms with E-state index in [0.29, 0.717) is 6.42 Å². The van der Waals surface area contributed by atoms with Gasteiger partial charge in [-0.1, -0.05) is 57.9 Å². The second-order valence-electron chi connectivity index (χ2n) is 7.84. The summed E-state index contributed by atoms with van der Waals surface area (Å²) in [6, 6.07) is -1.69. The molecule has 0 saturated heterocycles. The maximum atomic E-state index is 11.2. The van der Waals surface area contributed by atoms with Gasteiger partial charge < -0.3 is 30.9 Å². The van der Waals surface area contributed by atoms with Crippen molar-refractivity contribution in [3.05, 3.63) is 12.2 Å². The van der Waals surface area contributed by atoms with Gasteiger partial charge in [0.2, 0.25) is 0 Å². The summed E-state index contributed by atoms with van der Waals surface area (Å²) in [5.74, 6) is -2.12. The van der Waals surface area contributed by atoms with Crippen molar-refractivity contribution < 1.29 is 34.8 Å². The molecule has 0 aliphatic rings. The molecule has 8 heteroatoms. The first-order valence-corrected chi connectivity index (χ1v) is 11.1. The van der Waals surface area contributed by atoms with Crippen molar-refractivity contribution in [1.82, 2.24) is 0 Å². The molecule has 0 fully saturated rings. The van der Waals surface area contributed by atoms with Crippen LogP contribution in [0, 0.1) is 0 Å². The number of rotatable bonds is 18. The third-order valence-corrected chi connectivity index (χ3v) is 5.02. The van der Waals surface area contributed by atoms with E-state index in [9.17, 15) is 24.9 Å². The Morgan fingerprint density at radius 3 is 2.03 bits per heavy atom. The molecular formula is C22H41NO7. The van der Waals surface area contributed by atoms with Crippen molar-refractivity contribution in [3.8, 4) is 0 Å². The Balaban J connectivity index is 4.17. The minimum atomic E-state index is -1.77. The van der Waals surface area contributed by atoms with Gasteiger partial charge in [-0.05, 0) is 31.8 Å². The number of unbranched alkanes of at least 4 members (excludes halogenated alkanes) is 7. The van der Waals surface area contributed by atoms with Gasteiger partial charge in [0.15, 0.2) is 0 Å². The number of allylic oxidation sites excluding steroid dienone is 1. The van der Waals surface area contributed by atoms with Crippen LogP contribution in [0.1, 0.15) is 84.5 Å². The van der Waals surface area contributed by atoms with E-state index < -0.39 is 36.3 Å². The predicted octanol–water partition coefficient (Wildman–Crippen LogP) is 2.28. The molecule has 0 aromatic carbocycles. The number of esters is 1. The van der Waals surface area contributed by atoms with Crippen LogP contribution in [0.25, 0.3) is 0 Å². The first-order valence-electron chi connectivity index (χ1n) is 11.1. The number of carboxylic acid groups (broad SMARTS) is 1. The molecule has 0 aromatic heterocycles. The third-order valence-electron chi connectivity index (χ3n) is 5.02. The number of hydrogen-bond acceptors (Lipinski definition) is 7. The second-order valence-corrected chi connectivity index (χ2v) is 7.84. The highest BCUT2D eigenvalue weighted by atomic mass is 16.6. The third kappa shape index (κ3) is 13.7. The summed E-state index contributed by atoms with van der Waals surface area (Å²) < 4.78 is 4.97. The lowest BCUT2D eigenvalue weighted by Crippen LogP contribution is -2.52. The summed E-state index contributed by atoms with van der Waals surface area (Å²) in [7, 11) is 0. The lowest BCUT2D eigenvalue weighted by molar-refractivity contribution is -0.156. The van der Waals surface area contributed by atoms with E-state index in [1.165, 1.54) is 25.3 Å². The lowest BCUT2D eigenvalue weighted by Gasteiger charge is -2.26. The smallest absolute Gasteiger partial charge is 0.323 e. The number of carbonyl (C=O) groups excluding carboxylic acids is 1. The van der Waals surface area contributed by atoms with Gasteiger partial charge in [-0.25, -0.2) is 0 Å². The maximum absolute atomic E-state index is 11.2. The number of aliphatic carboxylic acids is 1. The number of aliphatic hydroxyl groups is 3. The van der Waals surface area contributed by atoms with Gasteiger partial charge >= 0.3 is 11.9 Å². The summed E-state index contributed by atoms with van der Waals surface area (Å²) in [4.78, 5) is 22.1. The van der Waals surface area contributed by atoms with Crippen molar-refractivity contribution in [1.29, 1.82) is 0 Å². The predicted molar refractivity (Wildman–Crippen MR) is 115 cm³/mol. The van der Waals surface area contributed by atoms with E-state index in [-0.39, 0.29) is 6.10 Å². The van der Waals surface area contributed by atoms with Crippen LogP contribution in [-0.4, -0.2) is 62.8 Å². The Labute approximate surface area is 180 Å². The van der Waals surface area contributed by atoms with Gasteiger partial charge in [0, 0.05) is 6.92 Å². The monoisotopic (exact) mass is 431 g/mol. The van der Waals surface area contributed by atoms with Crippen LogP contribution in [0.5, 0.6) is 0 Å². The van der Waals surface area contributed by atoms with Crippen LogP contribution in [-0.2, 0) is 14.3 Å². The normalized spacial score (nSPS) is 16.7. The van der Waals surface area contributed by atoms with Crippen LogP contribution < -0.4 is 5.73 Å². The molecule has 0 aliphatic heterocycles. The highest BCUT2D eigenvalue weighted by Gasteiger charge is 2.34. The number of hydrogen-bond donors (Lipinski definition) is 5. The molecule has 8 nitrogen and oxygen atoms in total. The lowest BCUT2D eigenvalue weighted by atomic mass is 10.0. The molecule has 0 radical (unpaired) electrons. The Kier molecular flexibility index (Phi) is 16.4. The van der Waals surface area contributed by atoms with E-state index >= 15 is 0 Å². The molecular weight excluding hydrogens is 390 g/mol. The summed E-state index contributed by atoms with van der Waals surface area (Å²) in [6.07, 6.45) is 9.32. The zero-order valence-corrected chi connectivity index (χ0v) is 18.4. The average Bonchev–Trinajstić information content (AvgIpc) is 2.70. The Morgan fingerprint density at radius 2 is 1.50 bits per heavy atom. The largest absolute Gasteiger partial charge is 0.480 e. The van der Waals surface area contributed by atoms with Gasteiger partial charge in [-0.15, -0.1) is 0 Å². The van der Waals surface area contributed by atoms with Gasteiger partial charge in [-0.2, -0.15) is 0 Å². The van der Waals surface area contributed by atoms with Gasteiger partial charge in [0.25, 0.3) is 0 Å². The minimum absolute atomic E-state index is 0.212. The van der Waals surface area contributed by atoms with Crippen molar-refractivity contribution in [3.63, 3.8) is 0 Å². The average molecular weight is 432 g/mol. The van der Waals surface area contributed by atoms with Gasteiger partial charge in [0.05, 0.1) is 6.10 Å². The molecule has 0 unspecified atom stereocenters. The molecule has 0 spiro atoms. The van der Waals surface area contributed by atoms with Crippen molar-refractivity contribution in [2.24, 2.45) is 5.73 Å². The Bertz CT molecular complexity index is 498. The van der Waals surface area contributed by atoms with Crippen molar-refractivity contribution in [2.45, 2.75) is 115 Å². The van der Waals surface area contributed by atoms with Gasteiger partial charge in [0.1, 0.15) is 24.4 Å². The Morgan fingerprint density at radius 1 is 0.933 bits per heavy atom. The molecule has 0 saturated carbocycles. The summed E-state index contributed by atoms with van der Waals surface area (Å²) in [5.41, 5.74) is 5.32. The fourth-order valence-corrected chi connectivity index (χ4v) is 3.14. The van der Waals surface area contributed by atoms with E-state index in [1.54, 1.807) is 6.08 Å². The van der Waals surface area contributed by atoms with Crippen LogP contribution in [0.15, 0.2) is 12.2 Å². The number of aliphatic hydroxyl groups excluding tert-OH is 3. The quantitative estimate of drug-likeness (QED) is 0.126. The van der Waals surface area contributed by atoms with Crippen LogP contribution in [0.2, 0.25) is 0 Å². The number of ether oxygens (including phenoxy) is 1. The zero-order valence-electron chi connectivity index (χ0n) is 18.4. The van der Waals surface area contributed by atoms with Crippen LogP contribution in [0.4, 0.5) is 0 Å². The molecule has 0 rings (SSSR count). The minimum Gasteiger partial charge on any atom is -0.480 e. The molecule has 0 aliphatic carbocycles. The SMILES string of the molecule is CCCCCC[C@@H](O)CCCCCC/C=C/[C@H](OC(C)=O)[C@@H](O)[C@H](O)[C@H](N)C(=O)O. The second kappa shape index (κ2) is 17.2. The molecule has 176 valence electrons. The highest BCUT2D eigenvalue weighted by molar-refractivity contribution is 5.74. The molecule has 0 bridgehead atoms. The summed E-state index contributed by atoms with van der Waals surface area (Å²) in [6.45, 7) is 3.33. The molecule has 0 aromatic rings. The number of carbonyl (C=O) groups is 2. The molecule has 5 atom stereocenters. The zero-order chi connectivity index (χ0) is 22.9. The van der Waals surface area contributed by atoms with Crippen molar-refractivity contribution >= 4 is 11.9 Å². The molecule has 30 heavy (non-hydrogen) atoms. The summed E-state index contributed by atoms with van der Waals surface area (Å²) >= 11 is 0. The van der Waals surface area contributed by atoms with Crippen molar-refractivity contribution in [2.75, 3.05) is 0 Å².